The molecule has 0 aliphatic rings. The first-order valence-electron chi connectivity index (χ1n) is 34.0. The average molecular weight is 1530 g/mol. The lowest BCUT2D eigenvalue weighted by Gasteiger charge is -2.36. The van der Waals surface area contributed by atoms with Crippen LogP contribution in [0.3, 0.4) is 0 Å². The Kier molecular flexibility index (Phi) is 37.7. The molecule has 572 valence electrons. The van der Waals surface area contributed by atoms with E-state index in [1.54, 1.807) is 61.7 Å². The van der Waals surface area contributed by atoms with Crippen LogP contribution >= 0.6 is 69.7 Å². The van der Waals surface area contributed by atoms with Crippen molar-refractivity contribution in [2.75, 3.05) is 261 Å². The van der Waals surface area contributed by atoms with E-state index in [-0.39, 0.29) is 21.2 Å². The molecular weight excluding hydrogens is 1390 g/mol. The largest absolute Gasteiger partial charge is 0.619 e. The Labute approximate surface area is 635 Å². The van der Waals surface area contributed by atoms with Gasteiger partial charge in [0.25, 0.3) is 7.05 Å². The van der Waals surface area contributed by atoms with Gasteiger partial charge in [0.1, 0.15) is 38.0 Å². The van der Waals surface area contributed by atoms with E-state index in [1.807, 2.05) is 109 Å². The number of hydrogen-bond acceptors (Lipinski definition) is 15. The Morgan fingerprint density at radius 2 is 1.01 bits per heavy atom. The molecule has 0 aliphatic heterocycles. The van der Waals surface area contributed by atoms with Gasteiger partial charge in [-0.25, -0.2) is 50.8 Å². The minimum Gasteiger partial charge on any atom is -0.459 e. The number of aryl methyl sites for hydroxylation is 1. The number of nitrogens with one attached hydrogen (secondary N) is 1. The maximum Gasteiger partial charge on any atom is 0.619 e. The first-order chi connectivity index (χ1) is 45.8. The van der Waals surface area contributed by atoms with Gasteiger partial charge in [-0.1, -0.05) is 0 Å². The van der Waals surface area contributed by atoms with Gasteiger partial charge in [-0.2, -0.15) is 16.3 Å². The Bertz CT molecular complexity index is 3360. The fourth-order valence-electron chi connectivity index (χ4n) is 11.7. The van der Waals surface area contributed by atoms with Gasteiger partial charge in [0.2, 0.25) is 5.13 Å². The van der Waals surface area contributed by atoms with E-state index < -0.39 is 0 Å². The number of guanidine groups is 1. The van der Waals surface area contributed by atoms with E-state index in [1.165, 1.54) is 22.4 Å². The summed E-state index contributed by atoms with van der Waals surface area (Å²) in [6, 6.07) is 4.10. The Morgan fingerprint density at radius 3 is 1.43 bits per heavy atom. The summed E-state index contributed by atoms with van der Waals surface area (Å²) in [6.45, 7) is 11.9. The number of aromatic amines is 1. The third kappa shape index (κ3) is 35.9. The molecule has 101 heavy (non-hydrogen) atoms. The molecule has 0 saturated heterocycles. The number of thioether (sulfide) groups is 4. The quantitative estimate of drug-likeness (QED) is 0.00582. The Hall–Kier alpha value is -4.47. The summed E-state index contributed by atoms with van der Waals surface area (Å²) in [5.41, 5.74) is 5.05. The first kappa shape index (κ1) is 94.5. The molecule has 0 atom stereocenters. The fraction of sp³-hybridized carbons (Fsp3) is 0.700. The van der Waals surface area contributed by atoms with Crippen molar-refractivity contribution in [1.29, 1.82) is 0 Å². The van der Waals surface area contributed by atoms with Gasteiger partial charge < -0.3 is 18.4 Å². The molecular formula is C70H139N20O5S6+13. The summed E-state index contributed by atoms with van der Waals surface area (Å²) in [5, 5.41) is 29.0. The molecule has 4 heterocycles. The molecule has 0 amide bonds. The third-order valence-electron chi connectivity index (χ3n) is 15.8. The number of amidine groups is 2. The SMILES string of the molecule is C/C(=C(/[N+](C)(C)C)[N+](C)(C)CCSCc1ccc(C[N+](C)(C)C)o1)[N+](=O)[O-].C/C(=C(/[N+](C)(C)C)[N+](C)(C)CCSCc1csc(C[N+](C)(C)C)n1)[N+](=O)[O-].C[N+]#C[N+](C)=C(C)[N+](C)(C)CCSCc1nc[nH]c1C.C[N+](C)=C(CCSCc1csc(N=C([N+](C)(C)C)[N+](C)(C)C)n1)[N+](C)(C)C. The van der Waals surface area contributed by atoms with Gasteiger partial charge in [-0.3, -0.25) is 20.2 Å². The highest BCUT2D eigenvalue weighted by Gasteiger charge is 2.43. The van der Waals surface area contributed by atoms with Gasteiger partial charge in [0.15, 0.2) is 12.8 Å². The second kappa shape index (κ2) is 40.3. The average Bonchev–Trinajstić information content (AvgIpc) is 0.982. The van der Waals surface area contributed by atoms with Crippen molar-refractivity contribution in [3.8, 4) is 6.19 Å². The van der Waals surface area contributed by atoms with Crippen LogP contribution in [-0.2, 0) is 36.1 Å². The van der Waals surface area contributed by atoms with Crippen molar-refractivity contribution < 1.29 is 68.2 Å². The smallest absolute Gasteiger partial charge is 0.459 e. The van der Waals surface area contributed by atoms with Crippen LogP contribution in [0, 0.1) is 33.3 Å². The van der Waals surface area contributed by atoms with Gasteiger partial charge in [0.05, 0.1) is 262 Å². The van der Waals surface area contributed by atoms with Gasteiger partial charge in [-0.15, -0.1) is 63.0 Å². The van der Waals surface area contributed by atoms with Crippen LogP contribution in [0.1, 0.15) is 66.5 Å². The second-order valence-corrected chi connectivity index (χ2v) is 40.0. The minimum absolute atomic E-state index is 0.230. The maximum absolute atomic E-state index is 11.4. The lowest BCUT2D eigenvalue weighted by Crippen LogP contribution is -2.57. The number of rotatable bonds is 31. The first-order valence-corrected chi connectivity index (χ1v) is 40.4. The highest BCUT2D eigenvalue weighted by atomic mass is 32.2. The van der Waals surface area contributed by atoms with Crippen LogP contribution in [0.4, 0.5) is 5.13 Å². The molecule has 1 N–H and O–H groups in total. The van der Waals surface area contributed by atoms with Crippen LogP contribution in [0.5, 0.6) is 0 Å². The molecule has 25 nitrogen and oxygen atoms in total. The number of imidazole rings is 1. The Morgan fingerprint density at radius 1 is 0.574 bits per heavy atom. The van der Waals surface area contributed by atoms with E-state index >= 15 is 0 Å². The molecule has 0 unspecified atom stereocenters. The molecule has 0 aromatic carbocycles. The highest BCUT2D eigenvalue weighted by molar-refractivity contribution is 7.99. The summed E-state index contributed by atoms with van der Waals surface area (Å²) in [5.74, 6) is 15.0. The number of allylic oxidation sites excluding steroid dienone is 2. The number of H-pyrrole nitrogens is 1. The number of hydrogen-bond donors (Lipinski definition) is 1. The normalized spacial score (nSPS) is 13.6. The van der Waals surface area contributed by atoms with Crippen LogP contribution < -0.4 is 0 Å². The standard InChI is InChI=1S/C19H40N6S2.C19H37N4O3S.C18H36N5O2S2.C14H26N5S/c1-22(2)17(23(3,4)5)12-13-26-14-16-15-27-18(20-16)21-19(24(6,7)8)25(9,10)11;1-16(20(24)25)19(22(5,6)7)23(8,9)12-13-27-15-18-11-10-17(26-18)14-21(2,3)4;1-15(20(24)25)18(22(5,6)7)23(8,9)10-11-26-13-16-14-27-17(19-16)12-21(2,3)4;1-12-14(17-10-16-12)9-20-8-7-19(5,6)13(2)18(4)11-15-3/h15H,12-14H2,1-11H3;10-11H,12-15H2,1-9H3;14H,10-13H2,1-9H3;10H,7-9H2,1-6H3,(H,16,17)/q+4;3*+3/b;19-16+;18-15+;. The molecule has 0 saturated carbocycles. The number of thiazole rings is 2. The van der Waals surface area contributed by atoms with Crippen LogP contribution in [-0.4, -0.2) is 363 Å². The summed E-state index contributed by atoms with van der Waals surface area (Å²) >= 11 is 10.9. The molecule has 31 heteroatoms. The molecule has 0 aliphatic carbocycles. The minimum atomic E-state index is -0.274. The van der Waals surface area contributed by atoms with E-state index in [0.717, 1.165) is 154 Å². The van der Waals surface area contributed by atoms with Gasteiger partial charge in [-0.05, 0) is 28.5 Å². The van der Waals surface area contributed by atoms with E-state index in [2.05, 4.69) is 204 Å². The Balaban J connectivity index is 0.000000677. The third-order valence-corrected chi connectivity index (χ3v) is 21.3. The molecule has 4 aromatic heterocycles. The number of nitro groups is 2. The summed E-state index contributed by atoms with van der Waals surface area (Å²) < 4.78 is 16.8. The van der Waals surface area contributed by atoms with Gasteiger partial charge >= 0.3 is 46.9 Å². The zero-order valence-electron chi connectivity index (χ0n) is 69.3. The topological polar surface area (TPSA) is 177 Å². The highest BCUT2D eigenvalue weighted by Crippen LogP contribution is 2.29. The number of quaternary nitrogens is 10. The molecule has 0 fully saturated rings. The van der Waals surface area contributed by atoms with E-state index in [0.29, 0.717) is 26.9 Å². The molecule has 0 bridgehead atoms. The van der Waals surface area contributed by atoms with Gasteiger partial charge in [0, 0.05) is 70.6 Å². The molecule has 0 radical (unpaired) electrons. The molecule has 4 rings (SSSR count). The van der Waals surface area contributed by atoms with Crippen molar-refractivity contribution in [3.63, 3.8) is 0 Å². The number of aromatic nitrogens is 4. The summed E-state index contributed by atoms with van der Waals surface area (Å²) in [4.78, 5) is 47.9. The number of aliphatic imine (C=N–C) groups is 1. The second-order valence-electron chi connectivity index (χ2n) is 33.8. The van der Waals surface area contributed by atoms with Crippen molar-refractivity contribution in [2.24, 2.45) is 4.99 Å². The fourth-order valence-corrected chi connectivity index (χ4v) is 17.9. The zero-order valence-corrected chi connectivity index (χ0v) is 74.2. The summed E-state index contributed by atoms with van der Waals surface area (Å²) in [6.07, 6.45) is 5.81. The van der Waals surface area contributed by atoms with Crippen molar-refractivity contribution in [1.82, 2.24) is 19.9 Å². The summed E-state index contributed by atoms with van der Waals surface area (Å²) in [7, 11) is 65.0. The van der Waals surface area contributed by atoms with Crippen molar-refractivity contribution in [2.45, 2.75) is 70.2 Å². The predicted molar refractivity (Wildman–Crippen MR) is 434 cm³/mol. The van der Waals surface area contributed by atoms with Crippen LogP contribution in [0.15, 0.2) is 61.7 Å². The monoisotopic (exact) mass is 1530 g/mol. The van der Waals surface area contributed by atoms with Crippen LogP contribution in [0.2, 0.25) is 0 Å². The molecule has 0 spiro atoms. The maximum atomic E-state index is 11.4. The number of nitrogens with zero attached hydrogens (tertiary/aromatic N) is 19. The predicted octanol–water partition coefficient (Wildman–Crippen LogP) is 10.3. The van der Waals surface area contributed by atoms with E-state index in [9.17, 15) is 20.2 Å². The lowest BCUT2D eigenvalue weighted by atomic mass is 10.3. The molecule has 4 aromatic rings. The van der Waals surface area contributed by atoms with Crippen LogP contribution in [0.25, 0.3) is 4.85 Å². The number of furan rings is 1. The van der Waals surface area contributed by atoms with Crippen molar-refractivity contribution >= 4 is 92.5 Å². The lowest BCUT2D eigenvalue weighted by molar-refractivity contribution is -1.01. The van der Waals surface area contributed by atoms with E-state index in [4.69, 9.17) is 19.4 Å². The van der Waals surface area contributed by atoms with Crippen molar-refractivity contribution in [3.05, 3.63) is 117 Å². The zero-order chi connectivity index (χ0) is 78.3.